The lowest BCUT2D eigenvalue weighted by Gasteiger charge is -2.33. The number of benzene rings is 2. The molecule has 6 rings (SSSR count). The molecule has 2 atom stereocenters. The van der Waals surface area contributed by atoms with Crippen LogP contribution in [-0.2, 0) is 6.54 Å². The third-order valence-corrected chi connectivity index (χ3v) is 9.40. The normalized spacial score (nSPS) is 22.3. The van der Waals surface area contributed by atoms with Gasteiger partial charge in [-0.15, -0.1) is 0 Å². The second kappa shape index (κ2) is 11.3. The quantitative estimate of drug-likeness (QED) is 0.446. The molecule has 1 unspecified atom stereocenters. The minimum Gasteiger partial charge on any atom is -0.491 e. The lowest BCUT2D eigenvalue weighted by atomic mass is 9.81. The molecule has 0 radical (unpaired) electrons. The van der Waals surface area contributed by atoms with Crippen molar-refractivity contribution in [2.45, 2.75) is 63.1 Å². The van der Waals surface area contributed by atoms with E-state index in [2.05, 4.69) is 64.1 Å². The summed E-state index contributed by atoms with van der Waals surface area (Å²) in [7, 11) is 4.27. The molecule has 3 aliphatic rings. The number of hydrogen-bond donors (Lipinski definition) is 2. The molecule has 2 fully saturated rings. The molecular formula is C32H42N4O3. The Morgan fingerprint density at radius 3 is 2.69 bits per heavy atom. The molecule has 2 aliphatic heterocycles. The number of aromatic nitrogens is 1. The Hall–Kier alpha value is -2.87. The molecule has 39 heavy (non-hydrogen) atoms. The number of likely N-dealkylation sites (N-methyl/N-ethyl adjacent to an activating group) is 2. The first kappa shape index (κ1) is 26.4. The van der Waals surface area contributed by atoms with E-state index in [-0.39, 0.29) is 6.04 Å². The van der Waals surface area contributed by atoms with Crippen LogP contribution in [0.25, 0.3) is 22.2 Å². The van der Waals surface area contributed by atoms with Crippen molar-refractivity contribution >= 4 is 16.9 Å². The van der Waals surface area contributed by atoms with Crippen molar-refractivity contribution in [2.75, 3.05) is 46.9 Å². The van der Waals surface area contributed by atoms with Gasteiger partial charge >= 0.3 is 5.97 Å². The predicted molar refractivity (Wildman–Crippen MR) is 156 cm³/mol. The van der Waals surface area contributed by atoms with Gasteiger partial charge in [0.2, 0.25) is 0 Å². The molecule has 1 saturated heterocycles. The van der Waals surface area contributed by atoms with E-state index < -0.39 is 5.97 Å². The summed E-state index contributed by atoms with van der Waals surface area (Å²) in [5, 5.41) is 14.5. The Kier molecular flexibility index (Phi) is 7.65. The maximum atomic E-state index is 12.0. The molecule has 0 bridgehead atoms. The Balaban J connectivity index is 1.42. The van der Waals surface area contributed by atoms with Crippen LogP contribution in [0.5, 0.6) is 5.75 Å². The third-order valence-electron chi connectivity index (χ3n) is 9.40. The minimum atomic E-state index is -0.875. The number of ether oxygens (including phenoxy) is 1. The highest BCUT2D eigenvalue weighted by molar-refractivity contribution is 5.98. The molecule has 2 N–H and O–H groups in total. The van der Waals surface area contributed by atoms with Crippen LogP contribution < -0.4 is 10.1 Å². The summed E-state index contributed by atoms with van der Waals surface area (Å²) in [4.78, 5) is 17.0. The number of likely N-dealkylation sites (tertiary alicyclic amines) is 1. The van der Waals surface area contributed by atoms with E-state index in [4.69, 9.17) is 4.74 Å². The summed E-state index contributed by atoms with van der Waals surface area (Å²) in [6, 6.07) is 14.9. The summed E-state index contributed by atoms with van der Waals surface area (Å²) >= 11 is 0. The van der Waals surface area contributed by atoms with Gasteiger partial charge in [-0.05, 0) is 75.6 Å². The summed E-state index contributed by atoms with van der Waals surface area (Å²) in [6.07, 6.45) is 7.37. The Morgan fingerprint density at radius 2 is 1.92 bits per heavy atom. The van der Waals surface area contributed by atoms with Crippen molar-refractivity contribution in [3.05, 3.63) is 53.6 Å². The molecule has 208 valence electrons. The average molecular weight is 531 g/mol. The van der Waals surface area contributed by atoms with Crippen LogP contribution in [0, 0.1) is 0 Å². The van der Waals surface area contributed by atoms with Crippen molar-refractivity contribution in [1.82, 2.24) is 19.7 Å². The maximum Gasteiger partial charge on any atom is 0.335 e. The fraction of sp³-hybridized carbons (Fsp3) is 0.531. The van der Waals surface area contributed by atoms with Crippen LogP contribution in [0.2, 0.25) is 0 Å². The topological polar surface area (TPSA) is 70.0 Å². The molecule has 1 aromatic heterocycles. The van der Waals surface area contributed by atoms with E-state index in [1.54, 1.807) is 6.07 Å². The highest BCUT2D eigenvalue weighted by Gasteiger charge is 2.32. The van der Waals surface area contributed by atoms with Gasteiger partial charge in [0, 0.05) is 48.7 Å². The summed E-state index contributed by atoms with van der Waals surface area (Å²) in [5.41, 5.74) is 5.13. The first-order valence-electron chi connectivity index (χ1n) is 14.7. The highest BCUT2D eigenvalue weighted by atomic mass is 16.5. The van der Waals surface area contributed by atoms with Gasteiger partial charge in [-0.25, -0.2) is 4.79 Å². The van der Waals surface area contributed by atoms with Crippen molar-refractivity contribution in [1.29, 1.82) is 0 Å². The van der Waals surface area contributed by atoms with Gasteiger partial charge < -0.3 is 24.6 Å². The average Bonchev–Trinajstić information content (AvgIpc) is 3.55. The second-order valence-corrected chi connectivity index (χ2v) is 11.8. The molecule has 3 aromatic rings. The number of nitrogens with one attached hydrogen (secondary N) is 1. The minimum absolute atomic E-state index is 0.170. The van der Waals surface area contributed by atoms with Gasteiger partial charge in [0.1, 0.15) is 12.4 Å². The van der Waals surface area contributed by atoms with Crippen LogP contribution in [-0.4, -0.2) is 84.4 Å². The monoisotopic (exact) mass is 530 g/mol. The van der Waals surface area contributed by atoms with Crippen molar-refractivity contribution in [3.63, 3.8) is 0 Å². The van der Waals surface area contributed by atoms with E-state index in [9.17, 15) is 9.90 Å². The zero-order valence-corrected chi connectivity index (χ0v) is 23.4. The number of nitrogens with zero attached hydrogens (tertiary/aromatic N) is 3. The van der Waals surface area contributed by atoms with Gasteiger partial charge in [0.05, 0.1) is 17.3 Å². The SMILES string of the molecule is CNC1CCN(CCN(C)[C@H]2COc3ccccc3-c3c(C4CCCCC4)c4ccc(C(=O)O)cc4n3C2)C1. The largest absolute Gasteiger partial charge is 0.491 e. The Bertz CT molecular complexity index is 1330. The fourth-order valence-corrected chi connectivity index (χ4v) is 7.05. The number of para-hydroxylation sites is 1. The van der Waals surface area contributed by atoms with Crippen molar-refractivity contribution < 1.29 is 14.6 Å². The first-order valence-corrected chi connectivity index (χ1v) is 14.7. The maximum absolute atomic E-state index is 12.0. The third kappa shape index (κ3) is 5.20. The van der Waals surface area contributed by atoms with Gasteiger partial charge in [-0.1, -0.05) is 37.5 Å². The van der Waals surface area contributed by atoms with E-state index in [1.165, 1.54) is 55.2 Å². The number of hydrogen-bond acceptors (Lipinski definition) is 5. The fourth-order valence-electron chi connectivity index (χ4n) is 7.05. The lowest BCUT2D eigenvalue weighted by molar-refractivity contribution is 0.0697. The highest BCUT2D eigenvalue weighted by Crippen LogP contribution is 2.47. The zero-order chi connectivity index (χ0) is 26.9. The van der Waals surface area contributed by atoms with Crippen LogP contribution in [0.3, 0.4) is 0 Å². The number of carboxylic acid groups (broad SMARTS) is 1. The van der Waals surface area contributed by atoms with E-state index in [1.807, 2.05) is 6.07 Å². The molecule has 3 heterocycles. The van der Waals surface area contributed by atoms with Gasteiger partial charge in [0.25, 0.3) is 0 Å². The van der Waals surface area contributed by atoms with E-state index >= 15 is 0 Å². The summed E-state index contributed by atoms with van der Waals surface area (Å²) in [5.74, 6) is 0.527. The van der Waals surface area contributed by atoms with Gasteiger partial charge in [0.15, 0.2) is 0 Å². The summed E-state index contributed by atoms with van der Waals surface area (Å²) < 4.78 is 8.98. The molecule has 7 nitrogen and oxygen atoms in total. The molecule has 1 saturated carbocycles. The Labute approximate surface area is 231 Å². The van der Waals surface area contributed by atoms with Crippen molar-refractivity contribution in [3.8, 4) is 17.0 Å². The zero-order valence-electron chi connectivity index (χ0n) is 23.4. The predicted octanol–water partition coefficient (Wildman–Crippen LogP) is 5.04. The van der Waals surface area contributed by atoms with Crippen LogP contribution in [0.4, 0.5) is 0 Å². The molecular weight excluding hydrogens is 488 g/mol. The van der Waals surface area contributed by atoms with Crippen molar-refractivity contribution in [2.24, 2.45) is 0 Å². The van der Waals surface area contributed by atoms with Crippen LogP contribution in [0.15, 0.2) is 42.5 Å². The second-order valence-electron chi connectivity index (χ2n) is 11.8. The van der Waals surface area contributed by atoms with E-state index in [0.717, 1.165) is 49.6 Å². The number of rotatable bonds is 7. The lowest BCUT2D eigenvalue weighted by Crippen LogP contribution is -2.44. The van der Waals surface area contributed by atoms with Crippen LogP contribution in [0.1, 0.15) is 60.4 Å². The number of fused-ring (bicyclic) bond motifs is 5. The smallest absolute Gasteiger partial charge is 0.335 e. The standard InChI is InChI=1S/C32H42N4O3/c1-33-24-14-15-35(19-24)17-16-34(2)25-20-36-28-18-23(32(37)38)12-13-26(28)30(22-8-4-3-5-9-22)31(36)27-10-6-7-11-29(27)39-21-25/h6-7,10-13,18,22,24-25,33H,3-5,8-9,14-17,19-21H2,1-2H3,(H,37,38)/t24?,25-/m1/s1. The molecule has 2 aromatic carbocycles. The molecule has 0 amide bonds. The molecule has 1 aliphatic carbocycles. The van der Waals surface area contributed by atoms with Crippen LogP contribution >= 0.6 is 0 Å². The summed E-state index contributed by atoms with van der Waals surface area (Å²) in [6.45, 7) is 5.62. The molecule has 7 heteroatoms. The number of carboxylic acids is 1. The Morgan fingerprint density at radius 1 is 1.10 bits per heavy atom. The number of aromatic carboxylic acids is 1. The molecule has 0 spiro atoms. The first-order chi connectivity index (χ1) is 19.0. The van der Waals surface area contributed by atoms with Gasteiger partial charge in [-0.3, -0.25) is 4.90 Å². The van der Waals surface area contributed by atoms with E-state index in [0.29, 0.717) is 24.1 Å². The number of carbonyl (C=O) groups is 1. The van der Waals surface area contributed by atoms with Gasteiger partial charge in [-0.2, -0.15) is 0 Å².